The Morgan fingerprint density at radius 3 is 2.22 bits per heavy atom. The first-order chi connectivity index (χ1) is 11.2. The predicted octanol–water partition coefficient (Wildman–Crippen LogP) is 3.86. The molecule has 134 valence electrons. The van der Waals surface area contributed by atoms with Gasteiger partial charge in [-0.3, -0.25) is 0 Å². The zero-order chi connectivity index (χ0) is 16.5. The van der Waals surface area contributed by atoms with Crippen molar-refractivity contribution in [2.75, 3.05) is 33.7 Å². The molecule has 0 spiro atoms. The summed E-state index contributed by atoms with van der Waals surface area (Å²) in [5.74, 6) is 0.719. The number of hydrogen-bond donors (Lipinski definition) is 1. The normalized spacial score (nSPS) is 20.7. The minimum atomic E-state index is 0.107. The van der Waals surface area contributed by atoms with Gasteiger partial charge in [-0.15, -0.1) is 0 Å². The second kappa shape index (κ2) is 10.2. The lowest BCUT2D eigenvalue weighted by atomic mass is 9.89. The molecule has 0 aromatic carbocycles. The molecule has 2 fully saturated rings. The third-order valence-electron chi connectivity index (χ3n) is 5.77. The topological polar surface area (TPSA) is 35.6 Å². The summed E-state index contributed by atoms with van der Waals surface area (Å²) >= 11 is 0. The molecule has 0 aromatic heterocycles. The third kappa shape index (κ3) is 6.70. The van der Waals surface area contributed by atoms with Gasteiger partial charge in [0.2, 0.25) is 0 Å². The Kier molecular flexibility index (Phi) is 8.21. The Hall–Kier alpha value is -0.770. The lowest BCUT2D eigenvalue weighted by molar-refractivity contribution is 0.183. The molecule has 2 aliphatic carbocycles. The second-order valence-corrected chi connectivity index (χ2v) is 7.74. The maximum absolute atomic E-state index is 12.2. The van der Waals surface area contributed by atoms with Crippen LogP contribution in [-0.4, -0.2) is 55.6 Å². The summed E-state index contributed by atoms with van der Waals surface area (Å²) in [5.41, 5.74) is 0. The summed E-state index contributed by atoms with van der Waals surface area (Å²) in [4.78, 5) is 16.6. The smallest absolute Gasteiger partial charge is 0.317 e. The van der Waals surface area contributed by atoms with E-state index in [1.807, 2.05) is 11.9 Å². The van der Waals surface area contributed by atoms with Crippen molar-refractivity contribution in [3.8, 4) is 0 Å². The van der Waals surface area contributed by atoms with E-state index in [0.717, 1.165) is 38.0 Å². The van der Waals surface area contributed by atoms with Gasteiger partial charge in [-0.2, -0.15) is 0 Å². The minimum absolute atomic E-state index is 0.107. The van der Waals surface area contributed by atoms with Crippen LogP contribution >= 0.6 is 0 Å². The molecular weight excluding hydrogens is 286 g/mol. The highest BCUT2D eigenvalue weighted by molar-refractivity contribution is 5.73. The van der Waals surface area contributed by atoms with E-state index in [1.165, 1.54) is 64.2 Å². The van der Waals surface area contributed by atoms with Crippen LogP contribution in [0.2, 0.25) is 0 Å². The highest BCUT2D eigenvalue weighted by atomic mass is 16.2. The van der Waals surface area contributed by atoms with Gasteiger partial charge in [0.1, 0.15) is 0 Å². The van der Waals surface area contributed by atoms with Crippen molar-refractivity contribution in [2.45, 2.75) is 76.7 Å². The number of nitrogens with one attached hydrogen (secondary N) is 1. The van der Waals surface area contributed by atoms with Gasteiger partial charge in [-0.25, -0.2) is 4.79 Å². The van der Waals surface area contributed by atoms with Crippen LogP contribution in [0.4, 0.5) is 4.79 Å². The monoisotopic (exact) mass is 323 g/mol. The summed E-state index contributed by atoms with van der Waals surface area (Å²) in [6.45, 7) is 2.82. The predicted molar refractivity (Wildman–Crippen MR) is 96.7 cm³/mol. The highest BCUT2D eigenvalue weighted by Crippen LogP contribution is 2.24. The van der Waals surface area contributed by atoms with Crippen LogP contribution in [0.1, 0.15) is 70.6 Å². The fourth-order valence-electron chi connectivity index (χ4n) is 4.20. The largest absolute Gasteiger partial charge is 0.338 e. The van der Waals surface area contributed by atoms with Crippen LogP contribution < -0.4 is 5.32 Å². The second-order valence-electron chi connectivity index (χ2n) is 7.74. The highest BCUT2D eigenvalue weighted by Gasteiger charge is 2.19. The summed E-state index contributed by atoms with van der Waals surface area (Å²) in [7, 11) is 4.19. The molecule has 4 nitrogen and oxygen atoms in total. The van der Waals surface area contributed by atoms with Crippen molar-refractivity contribution in [3.63, 3.8) is 0 Å². The Balaban J connectivity index is 1.54. The first-order valence-corrected chi connectivity index (χ1v) is 9.86. The van der Waals surface area contributed by atoms with E-state index in [4.69, 9.17) is 0 Å². The van der Waals surface area contributed by atoms with Crippen molar-refractivity contribution < 1.29 is 4.79 Å². The molecule has 0 radical (unpaired) electrons. The van der Waals surface area contributed by atoms with Crippen LogP contribution in [0.25, 0.3) is 0 Å². The zero-order valence-electron chi connectivity index (χ0n) is 15.4. The fraction of sp³-hybridized carbons (Fsp3) is 0.947. The molecule has 0 aliphatic heterocycles. The maximum Gasteiger partial charge on any atom is 0.317 e. The molecule has 2 rings (SSSR count). The summed E-state index contributed by atoms with van der Waals surface area (Å²) in [6.07, 6.45) is 14.6. The summed E-state index contributed by atoms with van der Waals surface area (Å²) in [6, 6.07) is 0.879. The first kappa shape index (κ1) is 18.6. The van der Waals surface area contributed by atoms with E-state index in [9.17, 15) is 4.79 Å². The van der Waals surface area contributed by atoms with Gasteiger partial charge in [0.25, 0.3) is 0 Å². The van der Waals surface area contributed by atoms with Crippen LogP contribution in [-0.2, 0) is 0 Å². The number of nitrogens with zero attached hydrogens (tertiary/aromatic N) is 2. The van der Waals surface area contributed by atoms with Crippen molar-refractivity contribution >= 4 is 6.03 Å². The van der Waals surface area contributed by atoms with E-state index >= 15 is 0 Å². The zero-order valence-corrected chi connectivity index (χ0v) is 15.4. The van der Waals surface area contributed by atoms with E-state index in [2.05, 4.69) is 17.3 Å². The van der Waals surface area contributed by atoms with Crippen molar-refractivity contribution in [2.24, 2.45) is 5.92 Å². The number of urea groups is 1. The SMILES string of the molecule is CN(CC1CCCCC1)C(=O)NCCCN(C)C1CCCCC1. The van der Waals surface area contributed by atoms with Crippen LogP contribution in [0.5, 0.6) is 0 Å². The average molecular weight is 324 g/mol. The third-order valence-corrected chi connectivity index (χ3v) is 5.77. The van der Waals surface area contributed by atoms with Gasteiger partial charge in [-0.05, 0) is 51.6 Å². The molecule has 1 N–H and O–H groups in total. The summed E-state index contributed by atoms with van der Waals surface area (Å²) < 4.78 is 0. The quantitative estimate of drug-likeness (QED) is 0.722. The fourth-order valence-corrected chi connectivity index (χ4v) is 4.20. The van der Waals surface area contributed by atoms with Gasteiger partial charge >= 0.3 is 6.03 Å². The van der Waals surface area contributed by atoms with E-state index in [1.54, 1.807) is 0 Å². The molecule has 0 heterocycles. The number of rotatable bonds is 7. The Labute approximate surface area is 143 Å². The molecule has 0 saturated heterocycles. The molecule has 4 heteroatoms. The average Bonchev–Trinajstić information content (AvgIpc) is 2.60. The number of amides is 2. The van der Waals surface area contributed by atoms with Gasteiger partial charge in [0.15, 0.2) is 0 Å². The molecule has 2 saturated carbocycles. The molecule has 23 heavy (non-hydrogen) atoms. The van der Waals surface area contributed by atoms with Gasteiger partial charge < -0.3 is 15.1 Å². The van der Waals surface area contributed by atoms with Gasteiger partial charge in [0.05, 0.1) is 0 Å². The van der Waals surface area contributed by atoms with Crippen molar-refractivity contribution in [1.29, 1.82) is 0 Å². The molecule has 0 bridgehead atoms. The maximum atomic E-state index is 12.2. The summed E-state index contributed by atoms with van der Waals surface area (Å²) in [5, 5.41) is 3.09. The molecule has 0 atom stereocenters. The molecule has 0 unspecified atom stereocenters. The number of hydrogen-bond acceptors (Lipinski definition) is 2. The lowest BCUT2D eigenvalue weighted by Crippen LogP contribution is -2.41. The first-order valence-electron chi connectivity index (χ1n) is 9.86. The van der Waals surface area contributed by atoms with E-state index < -0.39 is 0 Å². The molecular formula is C19H37N3O. The van der Waals surface area contributed by atoms with Gasteiger partial charge in [0, 0.05) is 26.2 Å². The van der Waals surface area contributed by atoms with Crippen molar-refractivity contribution in [1.82, 2.24) is 15.1 Å². The Bertz CT molecular complexity index is 336. The Morgan fingerprint density at radius 2 is 1.57 bits per heavy atom. The minimum Gasteiger partial charge on any atom is -0.338 e. The molecule has 0 aromatic rings. The van der Waals surface area contributed by atoms with Crippen LogP contribution in [0.3, 0.4) is 0 Å². The van der Waals surface area contributed by atoms with Crippen LogP contribution in [0.15, 0.2) is 0 Å². The molecule has 2 aliphatic rings. The number of carbonyl (C=O) groups excluding carboxylic acids is 1. The Morgan fingerprint density at radius 1 is 0.957 bits per heavy atom. The van der Waals surface area contributed by atoms with Crippen LogP contribution in [0, 0.1) is 5.92 Å². The van der Waals surface area contributed by atoms with E-state index in [-0.39, 0.29) is 6.03 Å². The lowest BCUT2D eigenvalue weighted by Gasteiger charge is -2.31. The van der Waals surface area contributed by atoms with Gasteiger partial charge in [-0.1, -0.05) is 38.5 Å². The standard InChI is InChI=1S/C19H37N3O/c1-21(18-12-7-4-8-13-18)15-9-14-20-19(23)22(2)16-17-10-5-3-6-11-17/h17-18H,3-16H2,1-2H3,(H,20,23). The molecule has 2 amide bonds. The number of carbonyl (C=O) groups is 1. The van der Waals surface area contributed by atoms with E-state index in [0.29, 0.717) is 0 Å². The van der Waals surface area contributed by atoms with Crippen molar-refractivity contribution in [3.05, 3.63) is 0 Å².